The molecule has 1 heterocycles. The zero-order valence-electron chi connectivity index (χ0n) is 13.0. The number of furan rings is 1. The average Bonchev–Trinajstić information content (AvgIpc) is 2.97. The fraction of sp³-hybridized carbons (Fsp3) is 0.235. The SMILES string of the molecule is Cc1ccc(/C=C/C(=O)NCC(O)COc2ccc(F)c(F)c2)o1. The normalized spacial score (nSPS) is 12.3. The predicted molar refractivity (Wildman–Crippen MR) is 83.3 cm³/mol. The van der Waals surface area contributed by atoms with E-state index in [4.69, 9.17) is 9.15 Å². The number of aliphatic hydroxyl groups is 1. The van der Waals surface area contributed by atoms with Crippen molar-refractivity contribution in [3.8, 4) is 5.75 Å². The molecule has 24 heavy (non-hydrogen) atoms. The molecule has 1 aromatic heterocycles. The van der Waals surface area contributed by atoms with Crippen molar-refractivity contribution in [1.29, 1.82) is 0 Å². The number of nitrogens with one attached hydrogen (secondary N) is 1. The minimum absolute atomic E-state index is 0.0516. The molecule has 7 heteroatoms. The molecule has 1 unspecified atom stereocenters. The first-order valence-corrected chi connectivity index (χ1v) is 7.22. The highest BCUT2D eigenvalue weighted by Gasteiger charge is 2.08. The van der Waals surface area contributed by atoms with Gasteiger partial charge >= 0.3 is 0 Å². The predicted octanol–water partition coefficient (Wildman–Crippen LogP) is 2.44. The molecule has 1 amide bonds. The van der Waals surface area contributed by atoms with Gasteiger partial charge in [-0.25, -0.2) is 8.78 Å². The van der Waals surface area contributed by atoms with E-state index in [1.54, 1.807) is 19.1 Å². The Kier molecular flexibility index (Phi) is 6.08. The van der Waals surface area contributed by atoms with E-state index in [0.717, 1.165) is 17.9 Å². The second-order valence-electron chi connectivity index (χ2n) is 5.07. The van der Waals surface area contributed by atoms with E-state index in [1.807, 2.05) is 0 Å². The molecule has 0 aliphatic rings. The molecule has 5 nitrogen and oxygen atoms in total. The Bertz CT molecular complexity index is 727. The van der Waals surface area contributed by atoms with Crippen molar-refractivity contribution < 1.29 is 27.8 Å². The summed E-state index contributed by atoms with van der Waals surface area (Å²) in [5.41, 5.74) is 0. The van der Waals surface area contributed by atoms with Gasteiger partial charge in [-0.15, -0.1) is 0 Å². The summed E-state index contributed by atoms with van der Waals surface area (Å²) >= 11 is 0. The summed E-state index contributed by atoms with van der Waals surface area (Å²) in [7, 11) is 0. The monoisotopic (exact) mass is 337 g/mol. The van der Waals surface area contributed by atoms with Gasteiger partial charge in [-0.1, -0.05) is 0 Å². The average molecular weight is 337 g/mol. The van der Waals surface area contributed by atoms with Gasteiger partial charge in [0, 0.05) is 18.7 Å². The molecule has 1 aromatic carbocycles. The van der Waals surface area contributed by atoms with E-state index in [1.165, 1.54) is 18.2 Å². The number of benzene rings is 1. The van der Waals surface area contributed by atoms with Crippen LogP contribution in [0.25, 0.3) is 6.08 Å². The third kappa shape index (κ3) is 5.51. The number of carbonyl (C=O) groups is 1. The van der Waals surface area contributed by atoms with Crippen LogP contribution in [0.4, 0.5) is 8.78 Å². The number of halogens is 2. The van der Waals surface area contributed by atoms with Crippen LogP contribution < -0.4 is 10.1 Å². The van der Waals surface area contributed by atoms with Gasteiger partial charge in [0.15, 0.2) is 11.6 Å². The van der Waals surface area contributed by atoms with Crippen molar-refractivity contribution in [1.82, 2.24) is 5.32 Å². The number of aryl methyl sites for hydroxylation is 1. The molecular formula is C17H17F2NO4. The quantitative estimate of drug-likeness (QED) is 0.761. The molecule has 2 aromatic rings. The maximum Gasteiger partial charge on any atom is 0.244 e. The zero-order chi connectivity index (χ0) is 17.5. The van der Waals surface area contributed by atoms with Crippen LogP contribution in [0.3, 0.4) is 0 Å². The topological polar surface area (TPSA) is 71.7 Å². The number of carbonyl (C=O) groups excluding carboxylic acids is 1. The molecule has 0 bridgehead atoms. The largest absolute Gasteiger partial charge is 0.491 e. The lowest BCUT2D eigenvalue weighted by molar-refractivity contribution is -0.117. The molecule has 0 radical (unpaired) electrons. The maximum atomic E-state index is 13.0. The van der Waals surface area contributed by atoms with Crippen LogP contribution >= 0.6 is 0 Å². The summed E-state index contributed by atoms with van der Waals surface area (Å²) in [5, 5.41) is 12.2. The molecule has 128 valence electrons. The van der Waals surface area contributed by atoms with E-state index >= 15 is 0 Å². The Morgan fingerprint density at radius 2 is 2.12 bits per heavy atom. The highest BCUT2D eigenvalue weighted by molar-refractivity contribution is 5.91. The minimum atomic E-state index is -1.03. The van der Waals surface area contributed by atoms with E-state index < -0.39 is 23.6 Å². The highest BCUT2D eigenvalue weighted by atomic mass is 19.2. The van der Waals surface area contributed by atoms with Crippen LogP contribution in [0.5, 0.6) is 5.75 Å². The van der Waals surface area contributed by atoms with Gasteiger partial charge in [0.1, 0.15) is 30.0 Å². The summed E-state index contributed by atoms with van der Waals surface area (Å²) in [6.07, 6.45) is 1.79. The molecule has 0 spiro atoms. The lowest BCUT2D eigenvalue weighted by atomic mass is 10.3. The van der Waals surface area contributed by atoms with Crippen LogP contribution in [0.2, 0.25) is 0 Å². The third-order valence-corrected chi connectivity index (χ3v) is 3.01. The summed E-state index contributed by atoms with van der Waals surface area (Å²) in [4.78, 5) is 11.6. The smallest absolute Gasteiger partial charge is 0.244 e. The van der Waals surface area contributed by atoms with E-state index in [2.05, 4.69) is 5.32 Å². The van der Waals surface area contributed by atoms with Crippen molar-refractivity contribution in [3.05, 3.63) is 59.6 Å². The Hall–Kier alpha value is -2.67. The summed E-state index contributed by atoms with van der Waals surface area (Å²) < 4.78 is 36.2. The number of amides is 1. The van der Waals surface area contributed by atoms with Gasteiger partial charge in [-0.3, -0.25) is 4.79 Å². The molecule has 2 N–H and O–H groups in total. The van der Waals surface area contributed by atoms with Gasteiger partial charge in [0.25, 0.3) is 0 Å². The van der Waals surface area contributed by atoms with Gasteiger partial charge in [-0.2, -0.15) is 0 Å². The lowest BCUT2D eigenvalue weighted by Crippen LogP contribution is -2.34. The lowest BCUT2D eigenvalue weighted by Gasteiger charge is -2.12. The van der Waals surface area contributed by atoms with E-state index in [-0.39, 0.29) is 18.9 Å². The molecule has 0 aliphatic carbocycles. The standard InChI is InChI=1S/C17H17F2NO4/c1-11-2-3-13(24-11)5-7-17(22)20-9-12(21)10-23-14-4-6-15(18)16(19)8-14/h2-8,12,21H,9-10H2,1H3,(H,20,22)/b7-5+. The molecule has 0 saturated carbocycles. The van der Waals surface area contributed by atoms with E-state index in [9.17, 15) is 18.7 Å². The highest BCUT2D eigenvalue weighted by Crippen LogP contribution is 2.15. The van der Waals surface area contributed by atoms with Gasteiger partial charge < -0.3 is 19.6 Å². The number of ether oxygens (including phenoxy) is 1. The molecular weight excluding hydrogens is 320 g/mol. The number of aliphatic hydroxyl groups excluding tert-OH is 1. The fourth-order valence-electron chi connectivity index (χ4n) is 1.80. The van der Waals surface area contributed by atoms with Crippen molar-refractivity contribution in [2.24, 2.45) is 0 Å². The first-order chi connectivity index (χ1) is 11.4. The zero-order valence-corrected chi connectivity index (χ0v) is 13.0. The molecule has 0 aliphatic heterocycles. The Morgan fingerprint density at radius 3 is 2.79 bits per heavy atom. The van der Waals surface area contributed by atoms with Crippen molar-refractivity contribution >= 4 is 12.0 Å². The Labute approximate surface area is 137 Å². The molecule has 0 fully saturated rings. The van der Waals surface area contributed by atoms with E-state index in [0.29, 0.717) is 5.76 Å². The summed E-state index contributed by atoms with van der Waals surface area (Å²) in [6.45, 7) is 1.57. The number of hydrogen-bond donors (Lipinski definition) is 2. The van der Waals surface area contributed by atoms with Crippen LogP contribution in [-0.4, -0.2) is 30.3 Å². The Morgan fingerprint density at radius 1 is 1.33 bits per heavy atom. The van der Waals surface area contributed by atoms with Crippen LogP contribution in [-0.2, 0) is 4.79 Å². The summed E-state index contributed by atoms with van der Waals surface area (Å²) in [6, 6.07) is 6.56. The van der Waals surface area contributed by atoms with Crippen LogP contribution in [0.15, 0.2) is 40.8 Å². The van der Waals surface area contributed by atoms with Crippen molar-refractivity contribution in [2.45, 2.75) is 13.0 Å². The second kappa shape index (κ2) is 8.26. The molecule has 2 rings (SSSR count). The number of rotatable bonds is 7. The van der Waals surface area contributed by atoms with Crippen LogP contribution in [0.1, 0.15) is 11.5 Å². The van der Waals surface area contributed by atoms with Gasteiger partial charge in [0.2, 0.25) is 5.91 Å². The molecule has 0 saturated heterocycles. The number of hydrogen-bond acceptors (Lipinski definition) is 4. The fourth-order valence-corrected chi connectivity index (χ4v) is 1.80. The minimum Gasteiger partial charge on any atom is -0.491 e. The van der Waals surface area contributed by atoms with Gasteiger partial charge in [-0.05, 0) is 37.3 Å². The van der Waals surface area contributed by atoms with Crippen LogP contribution in [0, 0.1) is 18.6 Å². The third-order valence-electron chi connectivity index (χ3n) is 3.01. The maximum absolute atomic E-state index is 13.0. The van der Waals surface area contributed by atoms with Crippen molar-refractivity contribution in [2.75, 3.05) is 13.2 Å². The van der Waals surface area contributed by atoms with Gasteiger partial charge in [0.05, 0.1) is 0 Å². The summed E-state index contributed by atoms with van der Waals surface area (Å²) in [5.74, 6) is -1.05. The first-order valence-electron chi connectivity index (χ1n) is 7.22. The molecule has 1 atom stereocenters. The van der Waals surface area contributed by atoms with Crippen molar-refractivity contribution in [3.63, 3.8) is 0 Å². The Balaban J connectivity index is 1.72. The first kappa shape index (κ1) is 17.7. The second-order valence-corrected chi connectivity index (χ2v) is 5.07.